The van der Waals surface area contributed by atoms with Crippen LogP contribution in [0.15, 0.2) is 33.8 Å². The molecule has 1 heterocycles. The van der Waals surface area contributed by atoms with Crippen LogP contribution in [0.1, 0.15) is 5.56 Å². The molecule has 0 aliphatic rings. The fraction of sp³-hybridized carbons (Fsp3) is 0. The van der Waals surface area contributed by atoms with Crippen LogP contribution in [0.4, 0.5) is 10.2 Å². The third kappa shape index (κ3) is 2.74. The second-order valence-corrected chi connectivity index (χ2v) is 6.02. The SMILES string of the molecule is N#Cc1cn[nH]c1NS(=O)(=O)c1ccc(Br)cc1F. The molecule has 2 rings (SSSR count). The topological polar surface area (TPSA) is 98.6 Å². The standard InChI is InChI=1S/C10H6BrFN4O2S/c11-7-1-2-9(8(12)3-7)19(17,18)16-10-6(4-13)5-14-15-10/h1-3,5H,(H2,14,15,16). The first-order valence-electron chi connectivity index (χ1n) is 4.85. The molecule has 98 valence electrons. The number of sulfonamides is 1. The van der Waals surface area contributed by atoms with Crippen molar-refractivity contribution < 1.29 is 12.8 Å². The number of nitrogens with one attached hydrogen (secondary N) is 2. The van der Waals surface area contributed by atoms with Crippen LogP contribution in [0.2, 0.25) is 0 Å². The lowest BCUT2D eigenvalue weighted by molar-refractivity contribution is 0.569. The molecule has 0 aliphatic heterocycles. The fourth-order valence-corrected chi connectivity index (χ4v) is 2.76. The van der Waals surface area contributed by atoms with E-state index in [9.17, 15) is 12.8 Å². The van der Waals surface area contributed by atoms with Gasteiger partial charge in [-0.2, -0.15) is 10.4 Å². The first-order valence-corrected chi connectivity index (χ1v) is 7.13. The van der Waals surface area contributed by atoms with Crippen LogP contribution in [0.3, 0.4) is 0 Å². The number of nitriles is 1. The maximum absolute atomic E-state index is 13.6. The molecule has 1 aromatic carbocycles. The summed E-state index contributed by atoms with van der Waals surface area (Å²) in [6.45, 7) is 0. The van der Waals surface area contributed by atoms with Crippen LogP contribution >= 0.6 is 15.9 Å². The number of aromatic nitrogens is 2. The molecule has 6 nitrogen and oxygen atoms in total. The van der Waals surface area contributed by atoms with E-state index in [2.05, 4.69) is 30.8 Å². The van der Waals surface area contributed by atoms with Crippen molar-refractivity contribution in [2.75, 3.05) is 4.72 Å². The number of H-pyrrole nitrogens is 1. The van der Waals surface area contributed by atoms with Gasteiger partial charge in [0, 0.05) is 4.47 Å². The van der Waals surface area contributed by atoms with Gasteiger partial charge in [0.2, 0.25) is 0 Å². The first-order chi connectivity index (χ1) is 8.94. The molecule has 0 aliphatic carbocycles. The van der Waals surface area contributed by atoms with Gasteiger partial charge in [-0.05, 0) is 18.2 Å². The van der Waals surface area contributed by atoms with E-state index in [0.29, 0.717) is 4.47 Å². The summed E-state index contributed by atoms with van der Waals surface area (Å²) in [6.07, 6.45) is 1.16. The molecule has 0 fully saturated rings. The summed E-state index contributed by atoms with van der Waals surface area (Å²) in [5, 5.41) is 14.6. The van der Waals surface area contributed by atoms with Crippen LogP contribution in [0, 0.1) is 17.1 Å². The van der Waals surface area contributed by atoms with E-state index in [-0.39, 0.29) is 11.4 Å². The Morgan fingerprint density at radius 1 is 1.47 bits per heavy atom. The smallest absolute Gasteiger partial charge is 0.263 e. The number of nitrogens with zero attached hydrogens (tertiary/aromatic N) is 2. The van der Waals surface area contributed by atoms with Crippen LogP contribution in [-0.4, -0.2) is 18.6 Å². The maximum atomic E-state index is 13.6. The summed E-state index contributed by atoms with van der Waals surface area (Å²) in [4.78, 5) is -0.519. The molecule has 19 heavy (non-hydrogen) atoms. The summed E-state index contributed by atoms with van der Waals surface area (Å²) in [5.74, 6) is -1.01. The number of benzene rings is 1. The van der Waals surface area contributed by atoms with Crippen molar-refractivity contribution in [2.24, 2.45) is 0 Å². The molecule has 9 heteroatoms. The van der Waals surface area contributed by atoms with Gasteiger partial charge < -0.3 is 0 Å². The molecule has 1 aromatic heterocycles. The number of rotatable bonds is 3. The quantitative estimate of drug-likeness (QED) is 0.889. The zero-order valence-corrected chi connectivity index (χ0v) is 11.6. The van der Waals surface area contributed by atoms with Crippen LogP contribution < -0.4 is 4.72 Å². The molecule has 0 amide bonds. The van der Waals surface area contributed by atoms with Crippen molar-refractivity contribution >= 4 is 31.8 Å². The predicted octanol–water partition coefficient (Wildman–Crippen LogP) is 1.98. The summed E-state index contributed by atoms with van der Waals surface area (Å²) in [5.41, 5.74) is 0.0149. The van der Waals surface area contributed by atoms with E-state index < -0.39 is 20.7 Å². The van der Waals surface area contributed by atoms with Gasteiger partial charge in [-0.25, -0.2) is 12.8 Å². The van der Waals surface area contributed by atoms with E-state index >= 15 is 0 Å². The van der Waals surface area contributed by atoms with E-state index in [1.54, 1.807) is 6.07 Å². The summed E-state index contributed by atoms with van der Waals surface area (Å²) in [6, 6.07) is 5.30. The Morgan fingerprint density at radius 3 is 2.84 bits per heavy atom. The van der Waals surface area contributed by atoms with E-state index in [1.165, 1.54) is 6.07 Å². The van der Waals surface area contributed by atoms with Crippen LogP contribution in [0.5, 0.6) is 0 Å². The molecule has 0 bridgehead atoms. The van der Waals surface area contributed by atoms with Gasteiger partial charge >= 0.3 is 0 Å². The molecular weight excluding hydrogens is 339 g/mol. The molecule has 0 saturated carbocycles. The molecule has 0 spiro atoms. The van der Waals surface area contributed by atoms with Crippen molar-refractivity contribution in [1.29, 1.82) is 5.26 Å². The highest BCUT2D eigenvalue weighted by molar-refractivity contribution is 9.10. The van der Waals surface area contributed by atoms with Gasteiger partial charge in [-0.1, -0.05) is 15.9 Å². The van der Waals surface area contributed by atoms with Crippen molar-refractivity contribution in [2.45, 2.75) is 4.90 Å². The minimum absolute atomic E-state index is 0.0149. The predicted molar refractivity (Wildman–Crippen MR) is 68.2 cm³/mol. The van der Waals surface area contributed by atoms with Crippen LogP contribution in [0.25, 0.3) is 0 Å². The second-order valence-electron chi connectivity index (χ2n) is 3.45. The highest BCUT2D eigenvalue weighted by atomic mass is 79.9. The Labute approximate surface area is 116 Å². The van der Waals surface area contributed by atoms with Crippen LogP contribution in [-0.2, 0) is 10.0 Å². The van der Waals surface area contributed by atoms with E-state index in [4.69, 9.17) is 5.26 Å². The van der Waals surface area contributed by atoms with Crippen molar-refractivity contribution in [3.8, 4) is 6.07 Å². The lowest BCUT2D eigenvalue weighted by Crippen LogP contribution is -2.15. The third-order valence-corrected chi connectivity index (χ3v) is 4.06. The fourth-order valence-electron chi connectivity index (χ4n) is 1.33. The normalized spacial score (nSPS) is 11.0. The zero-order valence-electron chi connectivity index (χ0n) is 9.18. The Hall–Kier alpha value is -1.92. The average Bonchev–Trinajstić information content (AvgIpc) is 2.74. The first kappa shape index (κ1) is 13.5. The minimum Gasteiger partial charge on any atom is -0.263 e. The second kappa shape index (κ2) is 4.99. The van der Waals surface area contributed by atoms with Gasteiger partial charge in [0.1, 0.15) is 22.3 Å². The Morgan fingerprint density at radius 2 is 2.21 bits per heavy atom. The van der Waals surface area contributed by atoms with Crippen molar-refractivity contribution in [3.05, 3.63) is 40.2 Å². The number of hydrogen-bond donors (Lipinski definition) is 2. The molecule has 0 atom stereocenters. The van der Waals surface area contributed by atoms with Gasteiger partial charge in [0.25, 0.3) is 10.0 Å². The highest BCUT2D eigenvalue weighted by Crippen LogP contribution is 2.22. The summed E-state index contributed by atoms with van der Waals surface area (Å²) < 4.78 is 40.1. The Bertz CT molecular complexity index is 766. The van der Waals surface area contributed by atoms with E-state index in [1.807, 2.05) is 0 Å². The average molecular weight is 345 g/mol. The Kier molecular flexibility index (Phi) is 3.55. The molecule has 2 aromatic rings. The largest absolute Gasteiger partial charge is 0.265 e. The van der Waals surface area contributed by atoms with Gasteiger partial charge in [0.05, 0.1) is 6.20 Å². The van der Waals surface area contributed by atoms with E-state index in [0.717, 1.165) is 18.3 Å². The number of anilines is 1. The number of halogens is 2. The highest BCUT2D eigenvalue weighted by Gasteiger charge is 2.21. The lowest BCUT2D eigenvalue weighted by atomic mass is 10.3. The number of hydrogen-bond acceptors (Lipinski definition) is 4. The molecule has 0 saturated heterocycles. The van der Waals surface area contributed by atoms with Gasteiger partial charge in [-0.15, -0.1) is 0 Å². The molecule has 2 N–H and O–H groups in total. The third-order valence-electron chi connectivity index (χ3n) is 2.18. The van der Waals surface area contributed by atoms with Crippen molar-refractivity contribution in [1.82, 2.24) is 10.2 Å². The molecular formula is C10H6BrFN4O2S. The summed E-state index contributed by atoms with van der Waals surface area (Å²) >= 11 is 3.03. The summed E-state index contributed by atoms with van der Waals surface area (Å²) in [7, 11) is -4.13. The molecule has 0 unspecified atom stereocenters. The van der Waals surface area contributed by atoms with Gasteiger partial charge in [-0.3, -0.25) is 9.82 Å². The Balaban J connectivity index is 2.41. The van der Waals surface area contributed by atoms with Gasteiger partial charge in [0.15, 0.2) is 5.82 Å². The number of aromatic amines is 1. The zero-order chi connectivity index (χ0) is 14.0. The molecule has 0 radical (unpaired) electrons. The minimum atomic E-state index is -4.13. The van der Waals surface area contributed by atoms with Crippen molar-refractivity contribution in [3.63, 3.8) is 0 Å². The maximum Gasteiger partial charge on any atom is 0.265 e. The lowest BCUT2D eigenvalue weighted by Gasteiger charge is -2.07. The monoisotopic (exact) mass is 344 g/mol.